The lowest BCUT2D eigenvalue weighted by Crippen LogP contribution is -2.41. The van der Waals surface area contributed by atoms with Gasteiger partial charge in [-0.25, -0.2) is 0 Å². The summed E-state index contributed by atoms with van der Waals surface area (Å²) in [5.74, 6) is 0.646. The lowest BCUT2D eigenvalue weighted by molar-refractivity contribution is -0.131. The van der Waals surface area contributed by atoms with Crippen LogP contribution in [0.15, 0.2) is 0 Å². The zero-order valence-corrected chi connectivity index (χ0v) is 12.2. The van der Waals surface area contributed by atoms with Crippen LogP contribution in [0.2, 0.25) is 0 Å². The first-order valence-electron chi connectivity index (χ1n) is 7.48. The van der Waals surface area contributed by atoms with Crippen LogP contribution in [0.4, 0.5) is 0 Å². The summed E-state index contributed by atoms with van der Waals surface area (Å²) >= 11 is 0. The van der Waals surface area contributed by atoms with Gasteiger partial charge in [0.15, 0.2) is 0 Å². The van der Waals surface area contributed by atoms with E-state index in [2.05, 4.69) is 26.1 Å². The molecule has 1 aliphatic carbocycles. The Labute approximate surface area is 111 Å². The molecule has 2 N–H and O–H groups in total. The number of aliphatic hydroxyl groups excluding tert-OH is 1. The molecule has 0 aliphatic heterocycles. The van der Waals surface area contributed by atoms with E-state index in [0.717, 1.165) is 51.5 Å². The van der Waals surface area contributed by atoms with E-state index in [1.165, 1.54) is 0 Å². The van der Waals surface area contributed by atoms with E-state index in [-0.39, 0.29) is 17.4 Å². The predicted molar refractivity (Wildman–Crippen MR) is 74.3 cm³/mol. The maximum absolute atomic E-state index is 12.2. The van der Waals surface area contributed by atoms with Crippen molar-refractivity contribution in [1.29, 1.82) is 0 Å². The van der Waals surface area contributed by atoms with Gasteiger partial charge in [-0.3, -0.25) is 4.79 Å². The summed E-state index contributed by atoms with van der Waals surface area (Å²) in [6.45, 7) is 7.00. The van der Waals surface area contributed by atoms with Crippen LogP contribution >= 0.6 is 0 Å². The van der Waals surface area contributed by atoms with E-state index in [1.807, 2.05) is 0 Å². The van der Waals surface area contributed by atoms with Gasteiger partial charge in [0, 0.05) is 12.0 Å². The molecule has 0 aromatic heterocycles. The quantitative estimate of drug-likeness (QED) is 0.766. The Morgan fingerprint density at radius 3 is 2.67 bits per heavy atom. The van der Waals surface area contributed by atoms with Crippen molar-refractivity contribution in [3.05, 3.63) is 0 Å². The Bertz CT molecular complexity index is 267. The summed E-state index contributed by atoms with van der Waals surface area (Å²) in [6.07, 6.45) is 6.70. The van der Waals surface area contributed by atoms with Crippen LogP contribution in [0.3, 0.4) is 0 Å². The average Bonchev–Trinajstić information content (AvgIpc) is 2.36. The number of hydrogen-bond donors (Lipinski definition) is 2. The molecule has 0 aromatic rings. The lowest BCUT2D eigenvalue weighted by atomic mass is 9.81. The molecular formula is C15H29NO2. The Morgan fingerprint density at radius 2 is 2.11 bits per heavy atom. The molecule has 3 heteroatoms. The Morgan fingerprint density at radius 1 is 1.39 bits per heavy atom. The molecule has 0 saturated heterocycles. The van der Waals surface area contributed by atoms with Gasteiger partial charge in [0.1, 0.15) is 0 Å². The standard InChI is InChI=1S/C15H29NO2/c1-4-9-15(3,5-2)14(18)16-11-12-7-6-8-13(17)10-12/h12-13,17H,4-11H2,1-3H3,(H,16,18)/t12-,13+,15+/m1/s1. The predicted octanol–water partition coefficient (Wildman–Crippen LogP) is 2.87. The van der Waals surface area contributed by atoms with Gasteiger partial charge >= 0.3 is 0 Å². The second-order valence-electron chi connectivity index (χ2n) is 6.06. The number of amides is 1. The smallest absolute Gasteiger partial charge is 0.225 e. The van der Waals surface area contributed by atoms with E-state index in [4.69, 9.17) is 0 Å². The SMILES string of the molecule is CCC[C@](C)(CC)C(=O)NC[C@@H]1CCC[C@H](O)C1. The second kappa shape index (κ2) is 7.13. The molecule has 0 heterocycles. The van der Waals surface area contributed by atoms with Crippen molar-refractivity contribution in [2.24, 2.45) is 11.3 Å². The third kappa shape index (κ3) is 4.27. The van der Waals surface area contributed by atoms with Crippen molar-refractivity contribution in [2.45, 2.75) is 71.8 Å². The first-order chi connectivity index (χ1) is 8.51. The minimum Gasteiger partial charge on any atom is -0.393 e. The number of aliphatic hydroxyl groups is 1. The molecule has 1 rings (SSSR count). The van der Waals surface area contributed by atoms with Crippen molar-refractivity contribution in [3.63, 3.8) is 0 Å². The molecule has 0 bridgehead atoms. The molecule has 0 spiro atoms. The Kier molecular flexibility index (Phi) is 6.13. The molecule has 18 heavy (non-hydrogen) atoms. The number of nitrogens with one attached hydrogen (secondary N) is 1. The lowest BCUT2D eigenvalue weighted by Gasteiger charge is -2.30. The van der Waals surface area contributed by atoms with Crippen LogP contribution < -0.4 is 5.32 Å². The van der Waals surface area contributed by atoms with Gasteiger partial charge in [0.05, 0.1) is 6.10 Å². The third-order valence-corrected chi connectivity index (χ3v) is 4.44. The van der Waals surface area contributed by atoms with Crippen molar-refractivity contribution >= 4 is 5.91 Å². The molecule has 0 radical (unpaired) electrons. The zero-order chi connectivity index (χ0) is 13.6. The molecule has 0 unspecified atom stereocenters. The van der Waals surface area contributed by atoms with E-state index < -0.39 is 0 Å². The van der Waals surface area contributed by atoms with Gasteiger partial charge in [-0.1, -0.05) is 33.6 Å². The van der Waals surface area contributed by atoms with Crippen LogP contribution in [0.1, 0.15) is 65.7 Å². The number of hydrogen-bond acceptors (Lipinski definition) is 2. The molecule has 106 valence electrons. The summed E-state index contributed by atoms with van der Waals surface area (Å²) in [5, 5.41) is 12.7. The van der Waals surface area contributed by atoms with Crippen molar-refractivity contribution in [2.75, 3.05) is 6.54 Å². The van der Waals surface area contributed by atoms with Gasteiger partial charge in [-0.2, -0.15) is 0 Å². The third-order valence-electron chi connectivity index (χ3n) is 4.44. The largest absolute Gasteiger partial charge is 0.393 e. The summed E-state index contributed by atoms with van der Waals surface area (Å²) in [6, 6.07) is 0. The Hall–Kier alpha value is -0.570. The van der Waals surface area contributed by atoms with Crippen LogP contribution in [-0.4, -0.2) is 23.7 Å². The maximum atomic E-state index is 12.2. The number of carbonyl (C=O) groups is 1. The van der Waals surface area contributed by atoms with E-state index >= 15 is 0 Å². The van der Waals surface area contributed by atoms with Gasteiger partial charge in [-0.15, -0.1) is 0 Å². The molecule has 1 aliphatic rings. The van der Waals surface area contributed by atoms with E-state index in [9.17, 15) is 9.90 Å². The highest BCUT2D eigenvalue weighted by molar-refractivity contribution is 5.82. The normalized spacial score (nSPS) is 27.6. The van der Waals surface area contributed by atoms with Crippen molar-refractivity contribution in [1.82, 2.24) is 5.32 Å². The van der Waals surface area contributed by atoms with Crippen molar-refractivity contribution in [3.8, 4) is 0 Å². The monoisotopic (exact) mass is 255 g/mol. The summed E-state index contributed by atoms with van der Waals surface area (Å²) in [4.78, 5) is 12.2. The molecule has 1 fully saturated rings. The topological polar surface area (TPSA) is 49.3 Å². The molecule has 3 atom stereocenters. The number of carbonyl (C=O) groups excluding carboxylic acids is 1. The Balaban J connectivity index is 2.39. The van der Waals surface area contributed by atoms with E-state index in [1.54, 1.807) is 0 Å². The van der Waals surface area contributed by atoms with Crippen LogP contribution in [0.5, 0.6) is 0 Å². The fourth-order valence-corrected chi connectivity index (χ4v) is 2.90. The number of rotatable bonds is 6. The van der Waals surface area contributed by atoms with Gasteiger partial charge in [0.2, 0.25) is 5.91 Å². The second-order valence-corrected chi connectivity index (χ2v) is 6.06. The molecule has 0 aromatic carbocycles. The molecule has 1 saturated carbocycles. The van der Waals surface area contributed by atoms with Crippen LogP contribution in [0.25, 0.3) is 0 Å². The highest BCUT2D eigenvalue weighted by Crippen LogP contribution is 2.28. The molecule has 1 amide bonds. The van der Waals surface area contributed by atoms with Gasteiger partial charge in [0.25, 0.3) is 0 Å². The van der Waals surface area contributed by atoms with E-state index in [0.29, 0.717) is 5.92 Å². The zero-order valence-electron chi connectivity index (χ0n) is 12.2. The maximum Gasteiger partial charge on any atom is 0.225 e. The highest BCUT2D eigenvalue weighted by atomic mass is 16.3. The van der Waals surface area contributed by atoms with Crippen molar-refractivity contribution < 1.29 is 9.90 Å². The summed E-state index contributed by atoms with van der Waals surface area (Å²) in [5.41, 5.74) is -0.220. The molecule has 3 nitrogen and oxygen atoms in total. The summed E-state index contributed by atoms with van der Waals surface area (Å²) < 4.78 is 0. The van der Waals surface area contributed by atoms with Crippen LogP contribution in [0, 0.1) is 11.3 Å². The minimum atomic E-state index is -0.220. The fourth-order valence-electron chi connectivity index (χ4n) is 2.90. The molecular weight excluding hydrogens is 226 g/mol. The van der Waals surface area contributed by atoms with Gasteiger partial charge in [-0.05, 0) is 38.0 Å². The average molecular weight is 255 g/mol. The highest BCUT2D eigenvalue weighted by Gasteiger charge is 2.30. The minimum absolute atomic E-state index is 0.158. The van der Waals surface area contributed by atoms with Crippen LogP contribution in [-0.2, 0) is 4.79 Å². The fraction of sp³-hybridized carbons (Fsp3) is 0.933. The first-order valence-corrected chi connectivity index (χ1v) is 7.48. The first kappa shape index (κ1) is 15.5. The van der Waals surface area contributed by atoms with Gasteiger partial charge < -0.3 is 10.4 Å². The summed E-state index contributed by atoms with van der Waals surface area (Å²) in [7, 11) is 0.